The van der Waals surface area contributed by atoms with E-state index in [-0.39, 0.29) is 11.8 Å². The lowest BCUT2D eigenvalue weighted by Gasteiger charge is -2.26. The predicted octanol–water partition coefficient (Wildman–Crippen LogP) is 4.08. The zero-order chi connectivity index (χ0) is 18.0. The Morgan fingerprint density at radius 3 is 2.32 bits per heavy atom. The first-order chi connectivity index (χ1) is 12.0. The van der Waals surface area contributed by atoms with Crippen molar-refractivity contribution in [3.05, 3.63) is 59.7 Å². The normalized spacial score (nSPS) is 14.7. The van der Waals surface area contributed by atoms with Crippen LogP contribution in [0, 0.1) is 19.3 Å². The van der Waals surface area contributed by atoms with Gasteiger partial charge in [-0.2, -0.15) is 0 Å². The number of rotatable bonds is 5. The topological polar surface area (TPSA) is 49.4 Å². The number of nitrogens with one attached hydrogen (secondary N) is 1. The lowest BCUT2D eigenvalue weighted by molar-refractivity contribution is -0.132. The average molecular weight is 336 g/mol. The van der Waals surface area contributed by atoms with Crippen LogP contribution in [0.4, 0.5) is 11.4 Å². The molecule has 2 aromatic rings. The molecule has 0 aromatic heterocycles. The van der Waals surface area contributed by atoms with Gasteiger partial charge in [-0.1, -0.05) is 35.9 Å². The van der Waals surface area contributed by atoms with Gasteiger partial charge in [0.25, 0.3) is 0 Å². The molecule has 1 saturated carbocycles. The Morgan fingerprint density at radius 2 is 1.76 bits per heavy atom. The Balaban J connectivity index is 1.81. The van der Waals surface area contributed by atoms with Crippen molar-refractivity contribution in [2.24, 2.45) is 5.41 Å². The molecular formula is C21H24N2O2. The fraction of sp³-hybridized carbons (Fsp3) is 0.333. The van der Waals surface area contributed by atoms with Crippen LogP contribution >= 0.6 is 0 Å². The Morgan fingerprint density at radius 1 is 1.08 bits per heavy atom. The van der Waals surface area contributed by atoms with E-state index in [2.05, 4.69) is 5.32 Å². The van der Waals surface area contributed by atoms with E-state index >= 15 is 0 Å². The Kier molecular flexibility index (Phi) is 4.62. The molecule has 2 aromatic carbocycles. The summed E-state index contributed by atoms with van der Waals surface area (Å²) in [6.07, 6.45) is 1.21. The zero-order valence-electron chi connectivity index (χ0n) is 15.0. The molecule has 0 spiro atoms. The highest BCUT2D eigenvalue weighted by Gasteiger charge is 2.58. The fourth-order valence-electron chi connectivity index (χ4n) is 3.17. The van der Waals surface area contributed by atoms with Gasteiger partial charge in [0.2, 0.25) is 11.8 Å². The number of aryl methyl sites for hydroxylation is 2. The molecule has 3 rings (SSSR count). The maximum atomic E-state index is 13.1. The monoisotopic (exact) mass is 336 g/mol. The smallest absolute Gasteiger partial charge is 0.242 e. The number of anilines is 2. The number of para-hydroxylation sites is 1. The van der Waals surface area contributed by atoms with Gasteiger partial charge in [0.15, 0.2) is 0 Å². The third-order valence-corrected chi connectivity index (χ3v) is 4.85. The minimum atomic E-state index is -0.927. The van der Waals surface area contributed by atoms with Gasteiger partial charge in [0, 0.05) is 17.9 Å². The second-order valence-corrected chi connectivity index (χ2v) is 6.74. The zero-order valence-corrected chi connectivity index (χ0v) is 15.0. The fourth-order valence-corrected chi connectivity index (χ4v) is 3.17. The average Bonchev–Trinajstić information content (AvgIpc) is 3.41. The lowest BCUT2D eigenvalue weighted by Crippen LogP contribution is -2.43. The first-order valence-corrected chi connectivity index (χ1v) is 8.73. The van der Waals surface area contributed by atoms with E-state index < -0.39 is 5.41 Å². The van der Waals surface area contributed by atoms with E-state index in [9.17, 15) is 9.59 Å². The summed E-state index contributed by atoms with van der Waals surface area (Å²) in [5.41, 5.74) is 2.84. The molecule has 2 amide bonds. The number of amides is 2. The van der Waals surface area contributed by atoms with E-state index in [0.717, 1.165) is 22.5 Å². The summed E-state index contributed by atoms with van der Waals surface area (Å²) in [4.78, 5) is 27.7. The van der Waals surface area contributed by atoms with Crippen molar-refractivity contribution in [2.45, 2.75) is 33.6 Å². The van der Waals surface area contributed by atoms with Crippen LogP contribution in [0.25, 0.3) is 0 Å². The summed E-state index contributed by atoms with van der Waals surface area (Å²) >= 11 is 0. The van der Waals surface area contributed by atoms with Crippen LogP contribution in [0.15, 0.2) is 48.5 Å². The standard InChI is InChI=1S/C21H24N2O2/c1-4-23(17-8-6-5-7-9-17)20(25)21(12-13-21)19(24)22-18-11-10-15(2)14-16(18)3/h5-11,14H,4,12-13H2,1-3H3,(H,22,24). The van der Waals surface area contributed by atoms with Crippen LogP contribution < -0.4 is 10.2 Å². The molecule has 4 nitrogen and oxygen atoms in total. The summed E-state index contributed by atoms with van der Waals surface area (Å²) in [7, 11) is 0. The van der Waals surface area contributed by atoms with Crippen LogP contribution in [-0.4, -0.2) is 18.4 Å². The summed E-state index contributed by atoms with van der Waals surface area (Å²) in [5, 5.41) is 2.97. The summed E-state index contributed by atoms with van der Waals surface area (Å²) < 4.78 is 0. The van der Waals surface area contributed by atoms with Gasteiger partial charge in [0.05, 0.1) is 0 Å². The Bertz CT molecular complexity index is 795. The first-order valence-electron chi connectivity index (χ1n) is 8.73. The van der Waals surface area contributed by atoms with Gasteiger partial charge in [-0.3, -0.25) is 9.59 Å². The number of nitrogens with zero attached hydrogens (tertiary/aromatic N) is 1. The van der Waals surface area contributed by atoms with Crippen molar-refractivity contribution in [1.29, 1.82) is 0 Å². The maximum Gasteiger partial charge on any atom is 0.242 e. The number of hydrogen-bond acceptors (Lipinski definition) is 2. The highest BCUT2D eigenvalue weighted by Crippen LogP contribution is 2.48. The molecule has 4 heteroatoms. The summed E-state index contributed by atoms with van der Waals surface area (Å²) in [6.45, 7) is 6.46. The molecule has 0 atom stereocenters. The van der Waals surface area contributed by atoms with Crippen LogP contribution in [0.5, 0.6) is 0 Å². The molecule has 0 saturated heterocycles. The highest BCUT2D eigenvalue weighted by atomic mass is 16.2. The minimum absolute atomic E-state index is 0.108. The lowest BCUT2D eigenvalue weighted by atomic mass is 10.0. The first kappa shape index (κ1) is 17.2. The predicted molar refractivity (Wildman–Crippen MR) is 101 cm³/mol. The van der Waals surface area contributed by atoms with Gasteiger partial charge < -0.3 is 10.2 Å². The van der Waals surface area contributed by atoms with Crippen molar-refractivity contribution in [3.63, 3.8) is 0 Å². The van der Waals surface area contributed by atoms with Crippen LogP contribution in [-0.2, 0) is 9.59 Å². The minimum Gasteiger partial charge on any atom is -0.325 e. The van der Waals surface area contributed by atoms with Gasteiger partial charge in [0.1, 0.15) is 5.41 Å². The molecule has 0 heterocycles. The summed E-state index contributed by atoms with van der Waals surface area (Å²) in [5.74, 6) is -0.303. The molecule has 1 aliphatic rings. The van der Waals surface area contributed by atoms with E-state index in [1.54, 1.807) is 4.90 Å². The van der Waals surface area contributed by atoms with E-state index in [1.807, 2.05) is 69.3 Å². The second kappa shape index (κ2) is 6.71. The molecule has 25 heavy (non-hydrogen) atoms. The van der Waals surface area contributed by atoms with Crippen LogP contribution in [0.3, 0.4) is 0 Å². The number of carbonyl (C=O) groups is 2. The van der Waals surface area contributed by atoms with Crippen molar-refractivity contribution in [3.8, 4) is 0 Å². The third kappa shape index (κ3) is 3.29. The molecule has 0 unspecified atom stereocenters. The highest BCUT2D eigenvalue weighted by molar-refractivity contribution is 6.17. The molecule has 1 N–H and O–H groups in total. The van der Waals surface area contributed by atoms with Crippen molar-refractivity contribution in [1.82, 2.24) is 0 Å². The van der Waals surface area contributed by atoms with Gasteiger partial charge >= 0.3 is 0 Å². The molecule has 0 radical (unpaired) electrons. The molecule has 130 valence electrons. The molecule has 0 bridgehead atoms. The quantitative estimate of drug-likeness (QED) is 0.837. The van der Waals surface area contributed by atoms with Crippen molar-refractivity contribution in [2.75, 3.05) is 16.8 Å². The van der Waals surface area contributed by atoms with Crippen LogP contribution in [0.1, 0.15) is 30.9 Å². The largest absolute Gasteiger partial charge is 0.325 e. The Hall–Kier alpha value is -2.62. The SMILES string of the molecule is CCN(C(=O)C1(C(=O)Nc2ccc(C)cc2C)CC1)c1ccccc1. The van der Waals surface area contributed by atoms with E-state index in [1.165, 1.54) is 0 Å². The molecule has 0 aliphatic heterocycles. The maximum absolute atomic E-state index is 13.1. The molecule has 1 fully saturated rings. The van der Waals surface area contributed by atoms with Crippen molar-refractivity contribution >= 4 is 23.2 Å². The number of benzene rings is 2. The van der Waals surface area contributed by atoms with Gasteiger partial charge in [-0.05, 0) is 57.4 Å². The van der Waals surface area contributed by atoms with Crippen molar-refractivity contribution < 1.29 is 9.59 Å². The van der Waals surface area contributed by atoms with Gasteiger partial charge in [-0.15, -0.1) is 0 Å². The van der Waals surface area contributed by atoms with E-state index in [4.69, 9.17) is 0 Å². The summed E-state index contributed by atoms with van der Waals surface area (Å²) in [6, 6.07) is 15.4. The molecular weight excluding hydrogens is 312 g/mol. The Labute approximate surface area is 148 Å². The molecule has 1 aliphatic carbocycles. The van der Waals surface area contributed by atoms with E-state index in [0.29, 0.717) is 19.4 Å². The van der Waals surface area contributed by atoms with Crippen LogP contribution in [0.2, 0.25) is 0 Å². The number of carbonyl (C=O) groups excluding carboxylic acids is 2. The third-order valence-electron chi connectivity index (χ3n) is 4.85. The van der Waals surface area contributed by atoms with Gasteiger partial charge in [-0.25, -0.2) is 0 Å². The number of hydrogen-bond donors (Lipinski definition) is 1. The second-order valence-electron chi connectivity index (χ2n) is 6.74.